The molecule has 1 atom stereocenters. The van der Waals surface area contributed by atoms with Crippen LogP contribution in [0.1, 0.15) is 18.9 Å². The number of carbonyl (C=O) groups excluding carboxylic acids is 2. The normalized spacial score (nSPS) is 22.4. The Morgan fingerprint density at radius 2 is 2.05 bits per heavy atom. The summed E-state index contributed by atoms with van der Waals surface area (Å²) < 4.78 is 4.91. The number of nitrogens with zero attached hydrogens (tertiary/aromatic N) is 2. The Morgan fingerprint density at radius 1 is 1.30 bits per heavy atom. The van der Waals surface area contributed by atoms with Crippen molar-refractivity contribution in [1.29, 1.82) is 0 Å². The number of carbonyl (C=O) groups is 2. The van der Waals surface area contributed by atoms with E-state index < -0.39 is 0 Å². The number of hydrogen-bond acceptors (Lipinski definition) is 4. The summed E-state index contributed by atoms with van der Waals surface area (Å²) in [4.78, 5) is 24.3. The molecule has 0 aliphatic carbocycles. The first-order valence-electron chi connectivity index (χ1n) is 6.56. The van der Waals surface area contributed by atoms with Gasteiger partial charge in [0.2, 0.25) is 5.91 Å². The molecule has 2 amide bonds. The quantitative estimate of drug-likeness (QED) is 0.887. The van der Waals surface area contributed by atoms with Gasteiger partial charge in [-0.1, -0.05) is 19.1 Å². The molecule has 0 spiro atoms. The average molecular weight is 273 g/mol. The summed E-state index contributed by atoms with van der Waals surface area (Å²) in [5.41, 5.74) is 5.13. The molecule has 1 N–H and O–H groups in total. The highest BCUT2D eigenvalue weighted by atomic mass is 16.6. The Balaban J connectivity index is 1.83. The number of rotatable bonds is 2. The van der Waals surface area contributed by atoms with Gasteiger partial charge in [0.25, 0.3) is 0 Å². The lowest BCUT2D eigenvalue weighted by Gasteiger charge is -2.20. The highest BCUT2D eigenvalue weighted by Crippen LogP contribution is 2.22. The summed E-state index contributed by atoms with van der Waals surface area (Å²) in [6, 6.07) is 7.56. The minimum Gasteiger partial charge on any atom is -0.447 e. The molecule has 6 nitrogen and oxygen atoms in total. The fraction of sp³-hybridized carbons (Fsp3) is 0.357. The van der Waals surface area contributed by atoms with Crippen molar-refractivity contribution < 1.29 is 14.3 Å². The maximum absolute atomic E-state index is 11.5. The number of anilines is 1. The van der Waals surface area contributed by atoms with Gasteiger partial charge in [-0.25, -0.2) is 10.2 Å². The summed E-state index contributed by atoms with van der Waals surface area (Å²) >= 11 is 0. The van der Waals surface area contributed by atoms with E-state index in [1.165, 1.54) is 0 Å². The fourth-order valence-electron chi connectivity index (χ4n) is 2.44. The minimum atomic E-state index is -0.312. The second-order valence-corrected chi connectivity index (χ2v) is 4.95. The van der Waals surface area contributed by atoms with E-state index in [4.69, 9.17) is 4.74 Å². The summed E-state index contributed by atoms with van der Waals surface area (Å²) in [5, 5.41) is 4.12. The smallest absolute Gasteiger partial charge is 0.414 e. The number of hydrazone groups is 1. The molecule has 0 radical (unpaired) electrons. The molecule has 1 aromatic rings. The lowest BCUT2D eigenvalue weighted by Crippen LogP contribution is -2.32. The first-order valence-corrected chi connectivity index (χ1v) is 6.56. The van der Waals surface area contributed by atoms with E-state index in [-0.39, 0.29) is 17.9 Å². The second kappa shape index (κ2) is 4.96. The highest BCUT2D eigenvalue weighted by molar-refractivity contribution is 6.06. The van der Waals surface area contributed by atoms with Crippen LogP contribution in [0.4, 0.5) is 10.5 Å². The van der Waals surface area contributed by atoms with Crippen LogP contribution in [0.25, 0.3) is 0 Å². The maximum atomic E-state index is 11.5. The Hall–Kier alpha value is -2.37. The Morgan fingerprint density at radius 3 is 2.65 bits per heavy atom. The van der Waals surface area contributed by atoms with Gasteiger partial charge in [0.1, 0.15) is 6.61 Å². The van der Waals surface area contributed by atoms with Crippen LogP contribution < -0.4 is 10.3 Å². The van der Waals surface area contributed by atoms with Gasteiger partial charge in [-0.05, 0) is 17.7 Å². The SMILES string of the molecule is CC1CC(=O)NN=C1c1ccc(N2CCOC2=O)cc1. The Bertz CT molecular complexity index is 580. The molecule has 1 fully saturated rings. The van der Waals surface area contributed by atoms with E-state index in [2.05, 4.69) is 10.5 Å². The van der Waals surface area contributed by atoms with Crippen LogP contribution in [-0.2, 0) is 9.53 Å². The van der Waals surface area contributed by atoms with Gasteiger partial charge in [-0.15, -0.1) is 0 Å². The van der Waals surface area contributed by atoms with E-state index in [0.29, 0.717) is 19.6 Å². The van der Waals surface area contributed by atoms with Gasteiger partial charge in [0, 0.05) is 18.0 Å². The molecule has 2 heterocycles. The van der Waals surface area contributed by atoms with E-state index in [1.54, 1.807) is 4.90 Å². The standard InChI is InChI=1S/C14H15N3O3/c1-9-8-12(18)15-16-13(9)10-2-4-11(5-3-10)17-6-7-20-14(17)19/h2-5,9H,6-8H2,1H3,(H,15,18). The third kappa shape index (κ3) is 2.24. The molecule has 0 saturated carbocycles. The van der Waals surface area contributed by atoms with Gasteiger partial charge in [-0.2, -0.15) is 5.10 Å². The number of amides is 2. The van der Waals surface area contributed by atoms with E-state index in [0.717, 1.165) is 17.0 Å². The minimum absolute atomic E-state index is 0.0577. The van der Waals surface area contributed by atoms with Gasteiger partial charge in [-0.3, -0.25) is 9.69 Å². The number of nitrogens with one attached hydrogen (secondary N) is 1. The van der Waals surface area contributed by atoms with Crippen molar-refractivity contribution in [3.05, 3.63) is 29.8 Å². The van der Waals surface area contributed by atoms with Crippen molar-refractivity contribution in [2.45, 2.75) is 13.3 Å². The van der Waals surface area contributed by atoms with Crippen molar-refractivity contribution in [3.8, 4) is 0 Å². The number of ether oxygens (including phenoxy) is 1. The van der Waals surface area contributed by atoms with Crippen LogP contribution in [0.3, 0.4) is 0 Å². The Labute approximate surface area is 116 Å². The molecule has 0 bridgehead atoms. The molecule has 2 aliphatic heterocycles. The predicted octanol–water partition coefficient (Wildman–Crippen LogP) is 1.50. The molecule has 3 rings (SSSR count). The van der Waals surface area contributed by atoms with Gasteiger partial charge < -0.3 is 4.74 Å². The predicted molar refractivity (Wildman–Crippen MR) is 73.6 cm³/mol. The summed E-state index contributed by atoms with van der Waals surface area (Å²) in [5.74, 6) is 0.0315. The fourth-order valence-corrected chi connectivity index (χ4v) is 2.44. The molecule has 20 heavy (non-hydrogen) atoms. The molecule has 1 saturated heterocycles. The number of cyclic esters (lactones) is 1. The van der Waals surface area contributed by atoms with E-state index in [9.17, 15) is 9.59 Å². The lowest BCUT2D eigenvalue weighted by molar-refractivity contribution is -0.121. The number of hydrogen-bond donors (Lipinski definition) is 1. The van der Waals surface area contributed by atoms with E-state index in [1.807, 2.05) is 31.2 Å². The topological polar surface area (TPSA) is 71.0 Å². The molecular weight excluding hydrogens is 258 g/mol. The van der Waals surface area contributed by atoms with Gasteiger partial charge in [0.05, 0.1) is 12.3 Å². The van der Waals surface area contributed by atoms with Crippen LogP contribution >= 0.6 is 0 Å². The molecule has 1 unspecified atom stereocenters. The number of benzene rings is 1. The van der Waals surface area contributed by atoms with Gasteiger partial charge in [0.15, 0.2) is 0 Å². The monoisotopic (exact) mass is 273 g/mol. The van der Waals surface area contributed by atoms with Crippen LogP contribution in [0.15, 0.2) is 29.4 Å². The van der Waals surface area contributed by atoms with Crippen LogP contribution in [-0.4, -0.2) is 30.9 Å². The summed E-state index contributed by atoms with van der Waals surface area (Å²) in [7, 11) is 0. The molecule has 0 aromatic heterocycles. The first-order chi connectivity index (χ1) is 9.65. The third-order valence-electron chi connectivity index (χ3n) is 3.49. The molecule has 1 aromatic carbocycles. The summed E-state index contributed by atoms with van der Waals surface area (Å²) in [6.07, 6.45) is 0.132. The zero-order chi connectivity index (χ0) is 14.1. The first kappa shape index (κ1) is 12.7. The Kier molecular flexibility index (Phi) is 3.14. The largest absolute Gasteiger partial charge is 0.447 e. The van der Waals surface area contributed by atoms with Crippen LogP contribution in [0.5, 0.6) is 0 Å². The van der Waals surface area contributed by atoms with Crippen molar-refractivity contribution in [2.75, 3.05) is 18.1 Å². The maximum Gasteiger partial charge on any atom is 0.414 e. The van der Waals surface area contributed by atoms with Crippen molar-refractivity contribution in [2.24, 2.45) is 11.0 Å². The summed E-state index contributed by atoms with van der Waals surface area (Å²) in [6.45, 7) is 2.98. The van der Waals surface area contributed by atoms with Crippen molar-refractivity contribution in [3.63, 3.8) is 0 Å². The molecule has 2 aliphatic rings. The van der Waals surface area contributed by atoms with Crippen LogP contribution in [0.2, 0.25) is 0 Å². The lowest BCUT2D eigenvalue weighted by atomic mass is 9.94. The third-order valence-corrected chi connectivity index (χ3v) is 3.49. The van der Waals surface area contributed by atoms with Crippen LogP contribution in [0, 0.1) is 5.92 Å². The zero-order valence-corrected chi connectivity index (χ0v) is 11.1. The second-order valence-electron chi connectivity index (χ2n) is 4.95. The molecule has 104 valence electrons. The van der Waals surface area contributed by atoms with Crippen molar-refractivity contribution >= 4 is 23.4 Å². The van der Waals surface area contributed by atoms with Crippen molar-refractivity contribution in [1.82, 2.24) is 5.43 Å². The molecule has 6 heteroatoms. The zero-order valence-electron chi connectivity index (χ0n) is 11.1. The van der Waals surface area contributed by atoms with Gasteiger partial charge >= 0.3 is 6.09 Å². The van der Waals surface area contributed by atoms with E-state index >= 15 is 0 Å². The molecular formula is C14H15N3O3. The average Bonchev–Trinajstić information content (AvgIpc) is 2.85. The highest BCUT2D eigenvalue weighted by Gasteiger charge is 2.25.